The molecule has 0 atom stereocenters. The lowest BCUT2D eigenvalue weighted by Crippen LogP contribution is -2.39. The summed E-state index contributed by atoms with van der Waals surface area (Å²) in [7, 11) is 0. The van der Waals surface area contributed by atoms with E-state index < -0.39 is 0 Å². The van der Waals surface area contributed by atoms with E-state index in [1.54, 1.807) is 0 Å². The molecule has 134 valence electrons. The van der Waals surface area contributed by atoms with Crippen LogP contribution in [0.5, 0.6) is 0 Å². The van der Waals surface area contributed by atoms with Crippen molar-refractivity contribution in [1.82, 2.24) is 9.80 Å². The Morgan fingerprint density at radius 1 is 1.04 bits per heavy atom. The Bertz CT molecular complexity index is 461. The van der Waals surface area contributed by atoms with Crippen molar-refractivity contribution in [2.24, 2.45) is 5.92 Å². The predicted octanol–water partition coefficient (Wildman–Crippen LogP) is 2.90. The van der Waals surface area contributed by atoms with Gasteiger partial charge in [-0.05, 0) is 25.2 Å². The molecule has 2 aliphatic rings. The van der Waals surface area contributed by atoms with Crippen molar-refractivity contribution in [1.29, 1.82) is 0 Å². The largest absolute Gasteiger partial charge is 0.343 e. The maximum atomic E-state index is 12.3. The third kappa shape index (κ3) is 5.46. The zero-order chi connectivity index (χ0) is 17.4. The molecule has 0 aromatic heterocycles. The summed E-state index contributed by atoms with van der Waals surface area (Å²) in [5.74, 6) is 0.399. The number of nitrogens with zero attached hydrogens (tertiary/aromatic N) is 2. The van der Waals surface area contributed by atoms with E-state index in [1.165, 1.54) is 49.2 Å². The fourth-order valence-electron chi connectivity index (χ4n) is 3.53. The number of carbonyl (C=O) groups excluding carboxylic acids is 3. The molecule has 0 aromatic rings. The average molecular weight is 334 g/mol. The van der Waals surface area contributed by atoms with Crippen molar-refractivity contribution in [3.63, 3.8) is 0 Å². The van der Waals surface area contributed by atoms with Crippen LogP contribution in [0, 0.1) is 5.92 Å². The molecule has 0 N–H and O–H groups in total. The third-order valence-electron chi connectivity index (χ3n) is 5.11. The highest BCUT2D eigenvalue weighted by Gasteiger charge is 2.25. The van der Waals surface area contributed by atoms with Crippen molar-refractivity contribution < 1.29 is 14.4 Å². The van der Waals surface area contributed by atoms with E-state index in [4.69, 9.17) is 0 Å². The Labute approximate surface area is 145 Å². The molecule has 1 fully saturated rings. The van der Waals surface area contributed by atoms with Crippen LogP contribution < -0.4 is 0 Å². The van der Waals surface area contributed by atoms with Crippen LogP contribution in [0.1, 0.15) is 64.7 Å². The van der Waals surface area contributed by atoms with Gasteiger partial charge in [0.2, 0.25) is 5.91 Å². The lowest BCUT2D eigenvalue weighted by Gasteiger charge is -2.32. The molecule has 5 nitrogen and oxygen atoms in total. The molecule has 0 bridgehead atoms. The first kappa shape index (κ1) is 18.7. The average Bonchev–Trinajstić information content (AvgIpc) is 2.91. The number of piperidine rings is 1. The Morgan fingerprint density at radius 3 is 2.33 bits per heavy atom. The normalized spacial score (nSPS) is 18.7. The van der Waals surface area contributed by atoms with Crippen LogP contribution in [0.25, 0.3) is 0 Å². The highest BCUT2D eigenvalue weighted by atomic mass is 16.2. The summed E-state index contributed by atoms with van der Waals surface area (Å²) < 4.78 is 0. The summed E-state index contributed by atoms with van der Waals surface area (Å²) in [5, 5.41) is 0. The summed E-state index contributed by atoms with van der Waals surface area (Å²) in [6, 6.07) is 0. The van der Waals surface area contributed by atoms with Crippen LogP contribution in [0.15, 0.2) is 12.2 Å². The number of hydrogen-bond acceptors (Lipinski definition) is 3. The quantitative estimate of drug-likeness (QED) is 0.481. The molecule has 24 heavy (non-hydrogen) atoms. The monoisotopic (exact) mass is 334 g/mol. The van der Waals surface area contributed by atoms with Crippen molar-refractivity contribution in [2.75, 3.05) is 19.6 Å². The molecule has 3 amide bonds. The molecule has 0 unspecified atom stereocenters. The van der Waals surface area contributed by atoms with Crippen LogP contribution in [0.2, 0.25) is 0 Å². The van der Waals surface area contributed by atoms with E-state index in [-0.39, 0.29) is 17.7 Å². The summed E-state index contributed by atoms with van der Waals surface area (Å²) in [6.07, 6.45) is 12.3. The van der Waals surface area contributed by atoms with Gasteiger partial charge in [0.25, 0.3) is 11.8 Å². The van der Waals surface area contributed by atoms with E-state index in [0.29, 0.717) is 19.4 Å². The lowest BCUT2D eigenvalue weighted by atomic mass is 9.91. The Balaban J connectivity index is 1.59. The van der Waals surface area contributed by atoms with Crippen LogP contribution in [-0.2, 0) is 14.4 Å². The molecule has 0 radical (unpaired) electrons. The van der Waals surface area contributed by atoms with Crippen molar-refractivity contribution in [3.8, 4) is 0 Å². The SMILES string of the molecule is CCCCCCC1CCN(C(=O)CCCN2C(=O)C=CC2=O)CC1. The minimum Gasteiger partial charge on any atom is -0.343 e. The molecule has 2 rings (SSSR count). The fourth-order valence-corrected chi connectivity index (χ4v) is 3.53. The first-order valence-corrected chi connectivity index (χ1v) is 9.43. The van der Waals surface area contributed by atoms with Gasteiger partial charge in [-0.3, -0.25) is 19.3 Å². The van der Waals surface area contributed by atoms with Gasteiger partial charge in [0.05, 0.1) is 0 Å². The van der Waals surface area contributed by atoms with E-state index in [9.17, 15) is 14.4 Å². The molecule has 5 heteroatoms. The third-order valence-corrected chi connectivity index (χ3v) is 5.11. The topological polar surface area (TPSA) is 57.7 Å². The number of likely N-dealkylation sites (tertiary alicyclic amines) is 1. The van der Waals surface area contributed by atoms with Gasteiger partial charge in [0, 0.05) is 38.2 Å². The predicted molar refractivity (Wildman–Crippen MR) is 93.2 cm³/mol. The van der Waals surface area contributed by atoms with Gasteiger partial charge in [-0.25, -0.2) is 0 Å². The second kappa shape index (κ2) is 9.60. The zero-order valence-electron chi connectivity index (χ0n) is 14.8. The van der Waals surface area contributed by atoms with E-state index in [2.05, 4.69) is 6.92 Å². The number of amides is 3. The maximum Gasteiger partial charge on any atom is 0.253 e. The summed E-state index contributed by atoms with van der Waals surface area (Å²) in [5.41, 5.74) is 0. The molecule has 0 spiro atoms. The van der Waals surface area contributed by atoms with Crippen LogP contribution >= 0.6 is 0 Å². The molecule has 2 heterocycles. The molecule has 2 aliphatic heterocycles. The highest BCUT2D eigenvalue weighted by Crippen LogP contribution is 2.23. The van der Waals surface area contributed by atoms with Gasteiger partial charge in [-0.1, -0.05) is 39.0 Å². The number of imide groups is 1. The number of hydrogen-bond donors (Lipinski definition) is 0. The van der Waals surface area contributed by atoms with Gasteiger partial charge in [0.1, 0.15) is 0 Å². The molecular formula is C19H30N2O3. The fraction of sp³-hybridized carbons (Fsp3) is 0.737. The van der Waals surface area contributed by atoms with E-state index in [1.807, 2.05) is 4.90 Å². The Hall–Kier alpha value is -1.65. The molecule has 1 saturated heterocycles. The second-order valence-electron chi connectivity index (χ2n) is 6.94. The van der Waals surface area contributed by atoms with E-state index in [0.717, 1.165) is 31.8 Å². The minimum atomic E-state index is -0.267. The number of unbranched alkanes of at least 4 members (excludes halogenated alkanes) is 3. The van der Waals surface area contributed by atoms with Crippen LogP contribution in [-0.4, -0.2) is 47.2 Å². The lowest BCUT2D eigenvalue weighted by molar-refractivity contribution is -0.138. The standard InChI is InChI=1S/C19H30N2O3/c1-2-3-4-5-7-16-11-14-20(15-12-16)17(22)8-6-13-21-18(23)9-10-19(21)24/h9-10,16H,2-8,11-15H2,1H3. The van der Waals surface area contributed by atoms with Crippen molar-refractivity contribution in [3.05, 3.63) is 12.2 Å². The first-order chi connectivity index (χ1) is 11.6. The minimum absolute atomic E-state index is 0.159. The van der Waals surface area contributed by atoms with Crippen molar-refractivity contribution in [2.45, 2.75) is 64.7 Å². The summed E-state index contributed by atoms with van der Waals surface area (Å²) in [4.78, 5) is 38.3. The van der Waals surface area contributed by atoms with Gasteiger partial charge in [-0.15, -0.1) is 0 Å². The molecule has 0 saturated carbocycles. The first-order valence-electron chi connectivity index (χ1n) is 9.43. The van der Waals surface area contributed by atoms with E-state index >= 15 is 0 Å². The smallest absolute Gasteiger partial charge is 0.253 e. The number of rotatable bonds is 9. The van der Waals surface area contributed by atoms with Crippen LogP contribution in [0.4, 0.5) is 0 Å². The highest BCUT2D eigenvalue weighted by molar-refractivity contribution is 6.12. The number of carbonyl (C=O) groups is 3. The second-order valence-corrected chi connectivity index (χ2v) is 6.94. The maximum absolute atomic E-state index is 12.3. The Morgan fingerprint density at radius 2 is 1.71 bits per heavy atom. The van der Waals surface area contributed by atoms with Gasteiger partial charge in [-0.2, -0.15) is 0 Å². The van der Waals surface area contributed by atoms with Gasteiger partial charge < -0.3 is 4.90 Å². The Kier molecular flexibility index (Phi) is 7.47. The zero-order valence-corrected chi connectivity index (χ0v) is 14.8. The molecule has 0 aliphatic carbocycles. The van der Waals surface area contributed by atoms with Gasteiger partial charge in [0.15, 0.2) is 0 Å². The molecular weight excluding hydrogens is 304 g/mol. The van der Waals surface area contributed by atoms with Gasteiger partial charge >= 0.3 is 0 Å². The summed E-state index contributed by atoms with van der Waals surface area (Å²) >= 11 is 0. The van der Waals surface area contributed by atoms with Crippen molar-refractivity contribution >= 4 is 17.7 Å². The summed E-state index contributed by atoms with van der Waals surface area (Å²) in [6.45, 7) is 4.29. The van der Waals surface area contributed by atoms with Crippen LogP contribution in [0.3, 0.4) is 0 Å². The molecule has 0 aromatic carbocycles.